The Morgan fingerprint density at radius 3 is 2.32 bits per heavy atom. The summed E-state index contributed by atoms with van der Waals surface area (Å²) in [5.74, 6) is 0.935. The second-order valence-corrected chi connectivity index (χ2v) is 6.98. The standard InChI is InChI=1S/C21H26N2O5/c1-12-19(21(25)28-5)13(2)22-20(12)16(24)11-23-7-6-14-8-17(26-3)18(27-4)9-15(14)10-23/h8-9,22H,6-7,10-11H2,1-5H3. The molecule has 7 heteroatoms. The van der Waals surface area contributed by atoms with Gasteiger partial charge in [-0.1, -0.05) is 0 Å². The lowest BCUT2D eigenvalue weighted by Gasteiger charge is -2.29. The second-order valence-electron chi connectivity index (χ2n) is 6.98. The van der Waals surface area contributed by atoms with Crippen LogP contribution in [0.4, 0.5) is 0 Å². The zero-order valence-corrected chi connectivity index (χ0v) is 17.0. The molecule has 0 atom stereocenters. The van der Waals surface area contributed by atoms with E-state index in [1.165, 1.54) is 12.7 Å². The first-order chi connectivity index (χ1) is 13.4. The van der Waals surface area contributed by atoms with E-state index in [9.17, 15) is 9.59 Å². The number of aromatic nitrogens is 1. The Hall–Kier alpha value is -2.80. The van der Waals surface area contributed by atoms with E-state index in [0.717, 1.165) is 24.3 Å². The number of Topliss-reactive ketones (excluding diaryl/α,β-unsaturated/α-hetero) is 1. The van der Waals surface area contributed by atoms with Gasteiger partial charge in [-0.25, -0.2) is 4.79 Å². The molecule has 1 aliphatic heterocycles. The van der Waals surface area contributed by atoms with Gasteiger partial charge in [0.1, 0.15) is 0 Å². The first kappa shape index (κ1) is 19.9. The summed E-state index contributed by atoms with van der Waals surface area (Å²) in [4.78, 5) is 30.0. The predicted molar refractivity (Wildman–Crippen MR) is 104 cm³/mol. The van der Waals surface area contributed by atoms with Crippen molar-refractivity contribution >= 4 is 11.8 Å². The van der Waals surface area contributed by atoms with Crippen molar-refractivity contribution in [2.24, 2.45) is 0 Å². The summed E-state index contributed by atoms with van der Waals surface area (Å²) in [5, 5.41) is 0. The number of aromatic amines is 1. The summed E-state index contributed by atoms with van der Waals surface area (Å²) in [5.41, 5.74) is 4.53. The lowest BCUT2D eigenvalue weighted by molar-refractivity contribution is 0.0599. The van der Waals surface area contributed by atoms with Crippen LogP contribution in [0, 0.1) is 13.8 Å². The van der Waals surface area contributed by atoms with Crippen molar-refractivity contribution in [2.45, 2.75) is 26.8 Å². The highest BCUT2D eigenvalue weighted by molar-refractivity contribution is 6.02. The lowest BCUT2D eigenvalue weighted by atomic mass is 9.98. The summed E-state index contributed by atoms with van der Waals surface area (Å²) in [6, 6.07) is 3.98. The van der Waals surface area contributed by atoms with Crippen molar-refractivity contribution in [2.75, 3.05) is 34.4 Å². The van der Waals surface area contributed by atoms with E-state index in [0.29, 0.717) is 34.8 Å². The van der Waals surface area contributed by atoms with E-state index >= 15 is 0 Å². The van der Waals surface area contributed by atoms with Crippen LogP contribution < -0.4 is 9.47 Å². The van der Waals surface area contributed by atoms with E-state index in [1.54, 1.807) is 28.1 Å². The maximum absolute atomic E-state index is 12.9. The van der Waals surface area contributed by atoms with Crippen LogP contribution in [0.15, 0.2) is 12.1 Å². The average molecular weight is 386 g/mol. The Kier molecular flexibility index (Phi) is 5.74. The van der Waals surface area contributed by atoms with Gasteiger partial charge < -0.3 is 19.2 Å². The molecule has 3 rings (SSSR count). The Labute approximate surface area is 164 Å². The molecule has 0 unspecified atom stereocenters. The predicted octanol–water partition coefficient (Wildman–Crippen LogP) is 2.68. The van der Waals surface area contributed by atoms with Crippen molar-refractivity contribution in [1.29, 1.82) is 0 Å². The van der Waals surface area contributed by atoms with Crippen LogP contribution in [0.2, 0.25) is 0 Å². The number of nitrogens with one attached hydrogen (secondary N) is 1. The Morgan fingerprint density at radius 2 is 1.71 bits per heavy atom. The highest BCUT2D eigenvalue weighted by atomic mass is 16.5. The van der Waals surface area contributed by atoms with Gasteiger partial charge in [0.15, 0.2) is 17.3 Å². The van der Waals surface area contributed by atoms with Gasteiger partial charge in [0, 0.05) is 18.8 Å². The fourth-order valence-electron chi connectivity index (χ4n) is 3.80. The van der Waals surface area contributed by atoms with Gasteiger partial charge in [-0.3, -0.25) is 9.69 Å². The summed E-state index contributed by atoms with van der Waals surface area (Å²) in [6.07, 6.45) is 0.832. The van der Waals surface area contributed by atoms with E-state index in [1.807, 2.05) is 12.1 Å². The lowest BCUT2D eigenvalue weighted by Crippen LogP contribution is -2.35. The molecule has 0 radical (unpaired) electrons. The minimum absolute atomic E-state index is 0.0420. The van der Waals surface area contributed by atoms with Crippen molar-refractivity contribution in [3.8, 4) is 11.5 Å². The molecule has 0 saturated carbocycles. The second kappa shape index (κ2) is 8.06. The van der Waals surface area contributed by atoms with Gasteiger partial charge in [-0.2, -0.15) is 0 Å². The highest BCUT2D eigenvalue weighted by Crippen LogP contribution is 2.33. The van der Waals surface area contributed by atoms with Crippen molar-refractivity contribution in [3.63, 3.8) is 0 Å². The van der Waals surface area contributed by atoms with E-state index in [-0.39, 0.29) is 12.3 Å². The molecule has 1 aromatic carbocycles. The third kappa shape index (κ3) is 3.62. The summed E-state index contributed by atoms with van der Waals surface area (Å²) in [6.45, 7) is 5.24. The number of carbonyl (C=O) groups is 2. The molecule has 0 spiro atoms. The molecule has 0 amide bonds. The van der Waals surface area contributed by atoms with Gasteiger partial charge in [0.25, 0.3) is 0 Å². The molecule has 7 nitrogen and oxygen atoms in total. The number of fused-ring (bicyclic) bond motifs is 1. The molecular formula is C21H26N2O5. The molecular weight excluding hydrogens is 360 g/mol. The fourth-order valence-corrected chi connectivity index (χ4v) is 3.80. The number of ketones is 1. The van der Waals surface area contributed by atoms with E-state index < -0.39 is 5.97 Å². The van der Waals surface area contributed by atoms with E-state index in [4.69, 9.17) is 14.2 Å². The van der Waals surface area contributed by atoms with Gasteiger partial charge in [0.2, 0.25) is 0 Å². The van der Waals surface area contributed by atoms with Gasteiger partial charge in [-0.05, 0) is 49.1 Å². The number of hydrogen-bond acceptors (Lipinski definition) is 6. The third-order valence-corrected chi connectivity index (χ3v) is 5.27. The van der Waals surface area contributed by atoms with Crippen molar-refractivity contribution in [3.05, 3.63) is 45.8 Å². The maximum atomic E-state index is 12.9. The first-order valence-electron chi connectivity index (χ1n) is 9.16. The molecule has 0 aliphatic carbocycles. The quantitative estimate of drug-likeness (QED) is 0.607. The third-order valence-electron chi connectivity index (χ3n) is 5.27. The number of methoxy groups -OCH3 is 3. The number of hydrogen-bond donors (Lipinski definition) is 1. The van der Waals surface area contributed by atoms with Crippen LogP contribution in [0.1, 0.15) is 43.2 Å². The molecule has 0 bridgehead atoms. The Morgan fingerprint density at radius 1 is 1.07 bits per heavy atom. The number of H-pyrrole nitrogens is 1. The van der Waals surface area contributed by atoms with Crippen LogP contribution >= 0.6 is 0 Å². The van der Waals surface area contributed by atoms with Crippen LogP contribution in [0.3, 0.4) is 0 Å². The number of benzene rings is 1. The summed E-state index contributed by atoms with van der Waals surface area (Å²) in [7, 11) is 4.58. The average Bonchev–Trinajstić information content (AvgIpc) is 3.00. The van der Waals surface area contributed by atoms with Gasteiger partial charge in [-0.15, -0.1) is 0 Å². The largest absolute Gasteiger partial charge is 0.493 e. The molecule has 0 fully saturated rings. The normalized spacial score (nSPS) is 13.8. The number of carbonyl (C=O) groups excluding carboxylic acids is 2. The van der Waals surface area contributed by atoms with E-state index in [2.05, 4.69) is 9.88 Å². The fraction of sp³-hybridized carbons (Fsp3) is 0.429. The van der Waals surface area contributed by atoms with Crippen molar-refractivity contribution < 1.29 is 23.8 Å². The summed E-state index contributed by atoms with van der Waals surface area (Å²) < 4.78 is 15.6. The molecule has 150 valence electrons. The Balaban J connectivity index is 1.77. The van der Waals surface area contributed by atoms with Crippen LogP contribution in [0.25, 0.3) is 0 Å². The number of esters is 1. The Bertz CT molecular complexity index is 916. The molecule has 1 aromatic heterocycles. The van der Waals surface area contributed by atoms with Gasteiger partial charge in [0.05, 0.1) is 39.1 Å². The number of aryl methyl sites for hydroxylation is 1. The molecule has 2 aromatic rings. The minimum atomic E-state index is -0.432. The minimum Gasteiger partial charge on any atom is -0.493 e. The van der Waals surface area contributed by atoms with Gasteiger partial charge >= 0.3 is 5.97 Å². The zero-order valence-electron chi connectivity index (χ0n) is 17.0. The number of ether oxygens (including phenoxy) is 3. The first-order valence-corrected chi connectivity index (χ1v) is 9.16. The van der Waals surface area contributed by atoms with Crippen molar-refractivity contribution in [1.82, 2.24) is 9.88 Å². The zero-order chi connectivity index (χ0) is 20.4. The maximum Gasteiger partial charge on any atom is 0.339 e. The highest BCUT2D eigenvalue weighted by Gasteiger charge is 2.25. The SMILES string of the molecule is COC(=O)c1c(C)[nH]c(C(=O)CN2CCc3cc(OC)c(OC)cc3C2)c1C. The number of nitrogens with zero attached hydrogens (tertiary/aromatic N) is 1. The molecule has 1 N–H and O–H groups in total. The molecule has 1 aliphatic rings. The molecule has 0 saturated heterocycles. The summed E-state index contributed by atoms with van der Waals surface area (Å²) >= 11 is 0. The van der Waals surface area contributed by atoms with Crippen LogP contribution in [0.5, 0.6) is 11.5 Å². The number of rotatable bonds is 6. The monoisotopic (exact) mass is 386 g/mol. The molecule has 2 heterocycles. The van der Waals surface area contributed by atoms with Crippen LogP contribution in [-0.2, 0) is 17.7 Å². The smallest absolute Gasteiger partial charge is 0.339 e. The van der Waals surface area contributed by atoms with Crippen LogP contribution in [-0.4, -0.2) is 56.1 Å². The molecule has 28 heavy (non-hydrogen) atoms. The topological polar surface area (TPSA) is 80.9 Å².